The Kier molecular flexibility index (Phi) is 4.12. The molecule has 0 fully saturated rings. The molecule has 1 heterocycles. The van der Waals surface area contributed by atoms with E-state index in [0.717, 1.165) is 4.47 Å². The molecule has 0 aliphatic carbocycles. The molecule has 0 saturated heterocycles. The van der Waals surface area contributed by atoms with Crippen LogP contribution in [0.1, 0.15) is 10.5 Å². The second-order valence-corrected chi connectivity index (χ2v) is 4.54. The average Bonchev–Trinajstić information content (AvgIpc) is 2.53. The van der Waals surface area contributed by atoms with E-state index in [1.807, 2.05) is 0 Å². The summed E-state index contributed by atoms with van der Waals surface area (Å²) in [6.07, 6.45) is 1.78. The van der Waals surface area contributed by atoms with Crippen molar-refractivity contribution in [3.8, 4) is 0 Å². The lowest BCUT2D eigenvalue weighted by Crippen LogP contribution is -2.36. The Morgan fingerprint density at radius 1 is 1.50 bits per heavy atom. The zero-order valence-corrected chi connectivity index (χ0v) is 11.0. The largest absolute Gasteiger partial charge is 0.347 e. The zero-order valence-electron chi connectivity index (χ0n) is 9.45. The van der Waals surface area contributed by atoms with Crippen LogP contribution >= 0.6 is 15.9 Å². The van der Waals surface area contributed by atoms with E-state index in [2.05, 4.69) is 21.2 Å². The number of rotatable bonds is 3. The van der Waals surface area contributed by atoms with Crippen LogP contribution in [0.2, 0.25) is 0 Å². The summed E-state index contributed by atoms with van der Waals surface area (Å²) in [7, 11) is 5.06. The Labute approximate surface area is 103 Å². The van der Waals surface area contributed by atoms with Gasteiger partial charge in [0.25, 0.3) is 5.91 Å². The number of hydrogen-bond acceptors (Lipinski definition) is 2. The number of carbonyl (C=O) groups is 2. The molecule has 0 spiro atoms. The van der Waals surface area contributed by atoms with E-state index in [9.17, 15) is 9.59 Å². The maximum absolute atomic E-state index is 11.7. The van der Waals surface area contributed by atoms with Crippen molar-refractivity contribution in [1.82, 2.24) is 14.8 Å². The van der Waals surface area contributed by atoms with E-state index >= 15 is 0 Å². The van der Waals surface area contributed by atoms with Gasteiger partial charge in [0.15, 0.2) is 0 Å². The summed E-state index contributed by atoms with van der Waals surface area (Å²) in [5.41, 5.74) is 0.512. The van der Waals surface area contributed by atoms with Crippen LogP contribution in [0.15, 0.2) is 16.7 Å². The standard InChI is InChI=1S/C10H14BrN3O2/c1-13(2)9(15)5-12-10(16)8-4-7(11)6-14(8)3/h4,6H,5H2,1-3H3,(H,12,16). The Hall–Kier alpha value is -1.30. The van der Waals surface area contributed by atoms with Crippen molar-refractivity contribution < 1.29 is 9.59 Å². The number of amides is 2. The quantitative estimate of drug-likeness (QED) is 0.886. The number of nitrogens with zero attached hydrogens (tertiary/aromatic N) is 2. The van der Waals surface area contributed by atoms with Crippen LogP contribution in [-0.2, 0) is 11.8 Å². The van der Waals surface area contributed by atoms with Gasteiger partial charge in [-0.25, -0.2) is 0 Å². The molecule has 1 aromatic rings. The van der Waals surface area contributed by atoms with Gasteiger partial charge in [-0.05, 0) is 22.0 Å². The Bertz CT molecular complexity index is 412. The van der Waals surface area contributed by atoms with E-state index in [1.54, 1.807) is 38.0 Å². The second-order valence-electron chi connectivity index (χ2n) is 3.63. The molecular formula is C10H14BrN3O2. The smallest absolute Gasteiger partial charge is 0.268 e. The summed E-state index contributed by atoms with van der Waals surface area (Å²) in [4.78, 5) is 24.4. The van der Waals surface area contributed by atoms with E-state index in [4.69, 9.17) is 0 Å². The summed E-state index contributed by atoms with van der Waals surface area (Å²) >= 11 is 3.28. The minimum Gasteiger partial charge on any atom is -0.347 e. The van der Waals surface area contributed by atoms with Crippen molar-refractivity contribution in [2.75, 3.05) is 20.6 Å². The van der Waals surface area contributed by atoms with Crippen LogP contribution in [0.25, 0.3) is 0 Å². The fourth-order valence-corrected chi connectivity index (χ4v) is 1.68. The Morgan fingerprint density at radius 2 is 2.12 bits per heavy atom. The summed E-state index contributed by atoms with van der Waals surface area (Å²) < 4.78 is 2.53. The van der Waals surface area contributed by atoms with Crippen LogP contribution in [0, 0.1) is 0 Å². The van der Waals surface area contributed by atoms with Crippen molar-refractivity contribution in [2.45, 2.75) is 0 Å². The van der Waals surface area contributed by atoms with Crippen LogP contribution in [0.3, 0.4) is 0 Å². The van der Waals surface area contributed by atoms with E-state index < -0.39 is 0 Å². The number of aryl methyl sites for hydroxylation is 1. The van der Waals surface area contributed by atoms with Crippen molar-refractivity contribution in [3.05, 3.63) is 22.4 Å². The van der Waals surface area contributed by atoms with Gasteiger partial charge in [0.2, 0.25) is 5.91 Å². The van der Waals surface area contributed by atoms with Crippen LogP contribution in [-0.4, -0.2) is 41.9 Å². The van der Waals surface area contributed by atoms with Gasteiger partial charge in [-0.3, -0.25) is 9.59 Å². The van der Waals surface area contributed by atoms with E-state index in [0.29, 0.717) is 5.69 Å². The molecule has 0 aliphatic rings. The fourth-order valence-electron chi connectivity index (χ4n) is 1.15. The third kappa shape index (κ3) is 3.10. The van der Waals surface area contributed by atoms with Gasteiger partial charge in [-0.1, -0.05) is 0 Å². The van der Waals surface area contributed by atoms with Crippen molar-refractivity contribution in [3.63, 3.8) is 0 Å². The van der Waals surface area contributed by atoms with Gasteiger partial charge in [0.05, 0.1) is 6.54 Å². The maximum atomic E-state index is 11.7. The molecule has 6 heteroatoms. The predicted octanol–water partition coefficient (Wildman–Crippen LogP) is 0.606. The van der Waals surface area contributed by atoms with Gasteiger partial charge in [0.1, 0.15) is 5.69 Å². The first-order valence-corrected chi connectivity index (χ1v) is 5.51. The molecule has 0 bridgehead atoms. The van der Waals surface area contributed by atoms with Crippen LogP contribution < -0.4 is 5.32 Å². The zero-order chi connectivity index (χ0) is 12.3. The van der Waals surface area contributed by atoms with Crippen LogP contribution in [0.5, 0.6) is 0 Å². The normalized spacial score (nSPS) is 10.0. The lowest BCUT2D eigenvalue weighted by atomic mass is 10.4. The third-order valence-corrected chi connectivity index (χ3v) is 2.54. The highest BCUT2D eigenvalue weighted by molar-refractivity contribution is 9.10. The Balaban J connectivity index is 2.60. The topological polar surface area (TPSA) is 54.3 Å². The molecule has 1 rings (SSSR count). The molecule has 5 nitrogen and oxygen atoms in total. The summed E-state index contributed by atoms with van der Waals surface area (Å²) in [6.45, 7) is 0.00856. The average molecular weight is 288 g/mol. The third-order valence-electron chi connectivity index (χ3n) is 2.10. The number of carbonyl (C=O) groups excluding carboxylic acids is 2. The highest BCUT2D eigenvalue weighted by Gasteiger charge is 2.12. The van der Waals surface area contributed by atoms with Crippen molar-refractivity contribution in [2.24, 2.45) is 7.05 Å². The molecular weight excluding hydrogens is 274 g/mol. The number of halogens is 1. The van der Waals surface area contributed by atoms with Gasteiger partial charge in [-0.2, -0.15) is 0 Å². The monoisotopic (exact) mass is 287 g/mol. The van der Waals surface area contributed by atoms with Gasteiger partial charge in [-0.15, -0.1) is 0 Å². The lowest BCUT2D eigenvalue weighted by Gasteiger charge is -2.11. The first kappa shape index (κ1) is 12.8. The summed E-state index contributed by atoms with van der Waals surface area (Å²) in [5, 5.41) is 2.56. The molecule has 0 radical (unpaired) electrons. The molecule has 0 aliphatic heterocycles. The van der Waals surface area contributed by atoms with E-state index in [-0.39, 0.29) is 18.4 Å². The minimum atomic E-state index is -0.261. The van der Waals surface area contributed by atoms with Crippen molar-refractivity contribution >= 4 is 27.7 Å². The van der Waals surface area contributed by atoms with Crippen molar-refractivity contribution in [1.29, 1.82) is 0 Å². The second kappa shape index (κ2) is 5.16. The number of aromatic nitrogens is 1. The molecule has 2 amide bonds. The molecule has 0 atom stereocenters. The van der Waals surface area contributed by atoms with Crippen LogP contribution in [0.4, 0.5) is 0 Å². The Morgan fingerprint density at radius 3 is 2.56 bits per heavy atom. The van der Waals surface area contributed by atoms with E-state index in [1.165, 1.54) is 4.90 Å². The molecule has 0 unspecified atom stereocenters. The number of likely N-dealkylation sites (N-methyl/N-ethyl adjacent to an activating group) is 1. The molecule has 1 aromatic heterocycles. The molecule has 16 heavy (non-hydrogen) atoms. The van der Waals surface area contributed by atoms with Gasteiger partial charge >= 0.3 is 0 Å². The maximum Gasteiger partial charge on any atom is 0.268 e. The van der Waals surface area contributed by atoms with Gasteiger partial charge < -0.3 is 14.8 Å². The lowest BCUT2D eigenvalue weighted by molar-refractivity contribution is -0.127. The molecule has 88 valence electrons. The number of hydrogen-bond donors (Lipinski definition) is 1. The highest BCUT2D eigenvalue weighted by Crippen LogP contribution is 2.13. The summed E-state index contributed by atoms with van der Waals surface area (Å²) in [5.74, 6) is -0.398. The number of nitrogens with one attached hydrogen (secondary N) is 1. The molecule has 1 N–H and O–H groups in total. The molecule has 0 aromatic carbocycles. The SMILES string of the molecule is CN(C)C(=O)CNC(=O)c1cc(Br)cn1C. The summed E-state index contributed by atoms with van der Waals surface area (Å²) in [6, 6.07) is 1.70. The highest BCUT2D eigenvalue weighted by atomic mass is 79.9. The fraction of sp³-hybridized carbons (Fsp3) is 0.400. The van der Waals surface area contributed by atoms with Gasteiger partial charge in [0, 0.05) is 31.8 Å². The first-order chi connectivity index (χ1) is 7.41. The first-order valence-electron chi connectivity index (χ1n) is 4.72. The minimum absolute atomic E-state index is 0.00856. The predicted molar refractivity (Wildman–Crippen MR) is 64.1 cm³/mol. The molecule has 0 saturated carbocycles.